The Hall–Kier alpha value is -0.970. The van der Waals surface area contributed by atoms with E-state index in [1.165, 1.54) is 0 Å². The van der Waals surface area contributed by atoms with E-state index in [1.807, 2.05) is 20.1 Å². The Bertz CT molecular complexity index is 350. The lowest BCUT2D eigenvalue weighted by atomic mass is 10.1. The van der Waals surface area contributed by atoms with Crippen molar-refractivity contribution in [3.8, 4) is 0 Å². The number of carboxylic acid groups (broad SMARTS) is 1. The van der Waals surface area contributed by atoms with E-state index in [9.17, 15) is 9.59 Å². The number of carbonyl (C=O) groups excluding carboxylic acids is 1. The monoisotopic (exact) mass is 257 g/mol. The molecule has 0 radical (unpaired) electrons. The molecule has 0 aromatic rings. The molecule has 0 aliphatic heterocycles. The van der Waals surface area contributed by atoms with E-state index in [1.54, 1.807) is 17.8 Å². The topological polar surface area (TPSA) is 66.4 Å². The fourth-order valence-corrected chi connectivity index (χ4v) is 2.00. The predicted octanol–water partition coefficient (Wildman–Crippen LogP) is 1.87. The standard InChI is InChI=1S/C12H19NO3S/c1-12(2)7-8(12)10(14)13-9(11(15)16)5-4-6-17-3/h5,8H,4,6-7H2,1-3H3,(H,13,14)(H,15,16)/b9-5+. The van der Waals surface area contributed by atoms with Gasteiger partial charge in [0.15, 0.2) is 0 Å². The Morgan fingerprint density at radius 1 is 1.53 bits per heavy atom. The third kappa shape index (κ3) is 4.07. The number of hydrogen-bond acceptors (Lipinski definition) is 3. The molecule has 2 N–H and O–H groups in total. The van der Waals surface area contributed by atoms with Crippen molar-refractivity contribution in [2.75, 3.05) is 12.0 Å². The second-order valence-corrected chi connectivity index (χ2v) is 5.92. The molecule has 1 atom stereocenters. The van der Waals surface area contributed by atoms with E-state index < -0.39 is 5.97 Å². The molecule has 4 nitrogen and oxygen atoms in total. The summed E-state index contributed by atoms with van der Waals surface area (Å²) >= 11 is 1.64. The van der Waals surface area contributed by atoms with Crippen LogP contribution in [0.2, 0.25) is 0 Å². The van der Waals surface area contributed by atoms with Gasteiger partial charge in [0.25, 0.3) is 0 Å². The normalized spacial score (nSPS) is 22.1. The van der Waals surface area contributed by atoms with Gasteiger partial charge in [-0.05, 0) is 30.3 Å². The van der Waals surface area contributed by atoms with Crippen LogP contribution in [0.3, 0.4) is 0 Å². The van der Waals surface area contributed by atoms with Crippen LogP contribution in [-0.2, 0) is 9.59 Å². The van der Waals surface area contributed by atoms with E-state index in [0.717, 1.165) is 12.2 Å². The van der Waals surface area contributed by atoms with Crippen LogP contribution in [0.25, 0.3) is 0 Å². The number of amides is 1. The van der Waals surface area contributed by atoms with Crippen molar-refractivity contribution < 1.29 is 14.7 Å². The summed E-state index contributed by atoms with van der Waals surface area (Å²) in [7, 11) is 0. The molecular formula is C12H19NO3S. The maximum Gasteiger partial charge on any atom is 0.352 e. The largest absolute Gasteiger partial charge is 0.477 e. The van der Waals surface area contributed by atoms with Crippen LogP contribution in [-0.4, -0.2) is 29.0 Å². The third-order valence-electron chi connectivity index (χ3n) is 2.99. The molecule has 1 aliphatic rings. The number of allylic oxidation sites excluding steroid dienone is 1. The van der Waals surface area contributed by atoms with E-state index in [0.29, 0.717) is 6.42 Å². The predicted molar refractivity (Wildman–Crippen MR) is 68.7 cm³/mol. The number of nitrogens with one attached hydrogen (secondary N) is 1. The molecule has 0 aromatic heterocycles. The number of hydrogen-bond donors (Lipinski definition) is 2. The van der Waals surface area contributed by atoms with Crippen LogP contribution in [0, 0.1) is 11.3 Å². The van der Waals surface area contributed by atoms with Crippen molar-refractivity contribution in [2.45, 2.75) is 26.7 Å². The highest BCUT2D eigenvalue weighted by Gasteiger charge is 2.50. The summed E-state index contributed by atoms with van der Waals surface area (Å²) in [5.41, 5.74) is 0.0271. The Balaban J connectivity index is 2.53. The molecule has 96 valence electrons. The summed E-state index contributed by atoms with van der Waals surface area (Å²) in [6.07, 6.45) is 5.01. The quantitative estimate of drug-likeness (QED) is 0.563. The lowest BCUT2D eigenvalue weighted by Crippen LogP contribution is -2.29. The first kappa shape index (κ1) is 14.1. The first-order valence-corrected chi connectivity index (χ1v) is 7.01. The Kier molecular flexibility index (Phi) is 4.62. The minimum absolute atomic E-state index is 0.00625. The van der Waals surface area contributed by atoms with Crippen LogP contribution in [0.4, 0.5) is 0 Å². The summed E-state index contributed by atoms with van der Waals surface area (Å²) in [5.74, 6) is -0.446. The number of carboxylic acids is 1. The Morgan fingerprint density at radius 3 is 2.53 bits per heavy atom. The number of rotatable bonds is 6. The molecule has 0 aromatic carbocycles. The summed E-state index contributed by atoms with van der Waals surface area (Å²) < 4.78 is 0. The van der Waals surface area contributed by atoms with Gasteiger partial charge in [0.1, 0.15) is 5.70 Å². The third-order valence-corrected chi connectivity index (χ3v) is 3.63. The fraction of sp³-hybridized carbons (Fsp3) is 0.667. The highest BCUT2D eigenvalue weighted by molar-refractivity contribution is 7.98. The highest BCUT2D eigenvalue weighted by Crippen LogP contribution is 2.51. The number of aliphatic carboxylic acids is 1. The average molecular weight is 257 g/mol. The molecule has 1 rings (SSSR count). The summed E-state index contributed by atoms with van der Waals surface area (Å²) in [6, 6.07) is 0. The van der Waals surface area contributed by atoms with Crippen LogP contribution in [0.1, 0.15) is 26.7 Å². The maximum absolute atomic E-state index is 11.7. The van der Waals surface area contributed by atoms with Gasteiger partial charge in [-0.25, -0.2) is 4.79 Å². The molecule has 0 bridgehead atoms. The lowest BCUT2D eigenvalue weighted by molar-refractivity contribution is -0.135. The van der Waals surface area contributed by atoms with Gasteiger partial charge in [0.05, 0.1) is 0 Å². The second-order valence-electron chi connectivity index (χ2n) is 4.94. The van der Waals surface area contributed by atoms with Crippen molar-refractivity contribution in [3.05, 3.63) is 11.8 Å². The molecule has 1 saturated carbocycles. The van der Waals surface area contributed by atoms with Gasteiger partial charge in [-0.1, -0.05) is 19.9 Å². The van der Waals surface area contributed by atoms with E-state index in [2.05, 4.69) is 5.32 Å². The fourth-order valence-electron chi connectivity index (χ4n) is 1.65. The number of carbonyl (C=O) groups is 2. The van der Waals surface area contributed by atoms with Gasteiger partial charge in [-0.2, -0.15) is 11.8 Å². The first-order chi connectivity index (χ1) is 7.88. The molecule has 0 spiro atoms. The van der Waals surface area contributed by atoms with Gasteiger partial charge < -0.3 is 10.4 Å². The van der Waals surface area contributed by atoms with Gasteiger partial charge >= 0.3 is 5.97 Å². The van der Waals surface area contributed by atoms with Crippen molar-refractivity contribution in [2.24, 2.45) is 11.3 Å². The minimum atomic E-state index is -1.07. The Labute approximate surface area is 106 Å². The molecule has 1 unspecified atom stereocenters. The van der Waals surface area contributed by atoms with E-state index in [4.69, 9.17) is 5.11 Å². The summed E-state index contributed by atoms with van der Waals surface area (Å²) in [5, 5.41) is 11.5. The molecule has 17 heavy (non-hydrogen) atoms. The summed E-state index contributed by atoms with van der Waals surface area (Å²) in [6.45, 7) is 4.02. The van der Waals surface area contributed by atoms with Crippen molar-refractivity contribution in [1.29, 1.82) is 0 Å². The van der Waals surface area contributed by atoms with Crippen molar-refractivity contribution >= 4 is 23.6 Å². The van der Waals surface area contributed by atoms with Gasteiger partial charge in [-0.3, -0.25) is 4.79 Å². The molecular weight excluding hydrogens is 238 g/mol. The van der Waals surface area contributed by atoms with Gasteiger partial charge in [-0.15, -0.1) is 0 Å². The van der Waals surface area contributed by atoms with Gasteiger partial charge in [0, 0.05) is 5.92 Å². The molecule has 1 aliphatic carbocycles. The zero-order chi connectivity index (χ0) is 13.1. The molecule has 5 heteroatoms. The molecule has 1 amide bonds. The van der Waals surface area contributed by atoms with Crippen LogP contribution < -0.4 is 5.32 Å². The SMILES string of the molecule is CSCC/C=C(/NC(=O)C1CC1(C)C)C(=O)O. The first-order valence-electron chi connectivity index (χ1n) is 5.61. The van der Waals surface area contributed by atoms with E-state index in [-0.39, 0.29) is 22.9 Å². The van der Waals surface area contributed by atoms with E-state index >= 15 is 0 Å². The Morgan fingerprint density at radius 2 is 2.12 bits per heavy atom. The second kappa shape index (κ2) is 5.58. The molecule has 0 saturated heterocycles. The zero-order valence-corrected chi connectivity index (χ0v) is 11.3. The van der Waals surface area contributed by atoms with Crippen molar-refractivity contribution in [3.63, 3.8) is 0 Å². The maximum atomic E-state index is 11.7. The molecule has 0 heterocycles. The zero-order valence-electron chi connectivity index (χ0n) is 10.4. The van der Waals surface area contributed by atoms with Crippen LogP contribution in [0.15, 0.2) is 11.8 Å². The highest BCUT2D eigenvalue weighted by atomic mass is 32.2. The smallest absolute Gasteiger partial charge is 0.352 e. The lowest BCUT2D eigenvalue weighted by Gasteiger charge is -2.07. The van der Waals surface area contributed by atoms with Crippen molar-refractivity contribution in [1.82, 2.24) is 5.32 Å². The minimum Gasteiger partial charge on any atom is -0.477 e. The molecule has 1 fully saturated rings. The van der Waals surface area contributed by atoms with Crippen LogP contribution in [0.5, 0.6) is 0 Å². The average Bonchev–Trinajstić information content (AvgIpc) is 2.86. The summed E-state index contributed by atoms with van der Waals surface area (Å²) in [4.78, 5) is 22.7. The number of thioether (sulfide) groups is 1. The van der Waals surface area contributed by atoms with Gasteiger partial charge in [0.2, 0.25) is 5.91 Å². The van der Waals surface area contributed by atoms with Crippen LogP contribution >= 0.6 is 11.8 Å².